The molecular formula is C19H30N2O4. The summed E-state index contributed by atoms with van der Waals surface area (Å²) in [6.07, 6.45) is 6.34. The molecule has 0 N–H and O–H groups in total. The number of nitrogens with zero attached hydrogens (tertiary/aromatic N) is 2. The molecule has 6 heteroatoms. The van der Waals surface area contributed by atoms with Crippen LogP contribution >= 0.6 is 0 Å². The molecule has 1 fully saturated rings. The molecule has 1 aliphatic heterocycles. The van der Waals surface area contributed by atoms with Crippen molar-refractivity contribution >= 4 is 17.7 Å². The van der Waals surface area contributed by atoms with E-state index in [1.165, 1.54) is 4.90 Å². The number of methoxy groups -OCH3 is 1. The number of fused-ring (bicyclic) bond motifs is 1. The highest BCUT2D eigenvalue weighted by Crippen LogP contribution is 2.37. The van der Waals surface area contributed by atoms with E-state index >= 15 is 0 Å². The van der Waals surface area contributed by atoms with E-state index < -0.39 is 6.04 Å². The number of hydrogen-bond donors (Lipinski definition) is 0. The lowest BCUT2D eigenvalue weighted by Crippen LogP contribution is -2.51. The number of allylic oxidation sites excluding steroid dienone is 2. The number of hydrogen-bond acceptors (Lipinski definition) is 4. The number of likely N-dealkylation sites (tertiary alicyclic amines) is 1. The molecule has 1 saturated heterocycles. The number of amides is 3. The van der Waals surface area contributed by atoms with E-state index in [2.05, 4.69) is 0 Å². The zero-order valence-electron chi connectivity index (χ0n) is 15.7. The normalized spacial score (nSPS) is 24.0. The van der Waals surface area contributed by atoms with Crippen LogP contribution in [0.5, 0.6) is 0 Å². The van der Waals surface area contributed by atoms with Gasteiger partial charge in [0.05, 0.1) is 11.8 Å². The Kier molecular flexibility index (Phi) is 6.76. The molecule has 0 aromatic carbocycles. The third-order valence-corrected chi connectivity index (χ3v) is 5.05. The summed E-state index contributed by atoms with van der Waals surface area (Å²) in [5.74, 6) is -0.884. The minimum Gasteiger partial charge on any atom is -0.385 e. The highest BCUT2D eigenvalue weighted by atomic mass is 16.5. The zero-order chi connectivity index (χ0) is 18.6. The van der Waals surface area contributed by atoms with Crippen LogP contribution in [0.2, 0.25) is 0 Å². The van der Waals surface area contributed by atoms with Crippen LogP contribution in [0.1, 0.15) is 39.5 Å². The van der Waals surface area contributed by atoms with Gasteiger partial charge in [-0.05, 0) is 31.6 Å². The van der Waals surface area contributed by atoms with Crippen molar-refractivity contribution in [2.75, 3.05) is 27.3 Å². The van der Waals surface area contributed by atoms with E-state index in [1.807, 2.05) is 26.0 Å². The maximum absolute atomic E-state index is 13.0. The summed E-state index contributed by atoms with van der Waals surface area (Å²) in [7, 11) is 3.35. The second-order valence-corrected chi connectivity index (χ2v) is 7.45. The molecule has 0 aromatic heterocycles. The average Bonchev–Trinajstić information content (AvgIpc) is 2.84. The van der Waals surface area contributed by atoms with Crippen molar-refractivity contribution in [3.05, 3.63) is 12.2 Å². The van der Waals surface area contributed by atoms with E-state index in [9.17, 15) is 14.4 Å². The molecule has 25 heavy (non-hydrogen) atoms. The summed E-state index contributed by atoms with van der Waals surface area (Å²) in [5.41, 5.74) is 0. The van der Waals surface area contributed by atoms with Gasteiger partial charge in [0.1, 0.15) is 6.04 Å². The Morgan fingerprint density at radius 1 is 1.24 bits per heavy atom. The van der Waals surface area contributed by atoms with E-state index in [-0.39, 0.29) is 35.5 Å². The van der Waals surface area contributed by atoms with E-state index in [0.29, 0.717) is 32.4 Å². The Morgan fingerprint density at radius 2 is 1.80 bits per heavy atom. The third-order valence-electron chi connectivity index (χ3n) is 5.05. The largest absolute Gasteiger partial charge is 0.385 e. The number of likely N-dealkylation sites (N-methyl/N-ethyl adjacent to an activating group) is 1. The topological polar surface area (TPSA) is 66.9 Å². The lowest BCUT2D eigenvalue weighted by molar-refractivity contribution is -0.151. The second-order valence-electron chi connectivity index (χ2n) is 7.45. The summed E-state index contributed by atoms with van der Waals surface area (Å²) in [6.45, 7) is 5.13. The maximum atomic E-state index is 13.0. The number of carbonyl (C=O) groups excluding carboxylic acids is 3. The molecule has 3 unspecified atom stereocenters. The van der Waals surface area contributed by atoms with Crippen molar-refractivity contribution in [3.63, 3.8) is 0 Å². The molecule has 1 heterocycles. The minimum absolute atomic E-state index is 0.155. The Hall–Kier alpha value is -1.69. The van der Waals surface area contributed by atoms with Gasteiger partial charge in [0.2, 0.25) is 17.7 Å². The van der Waals surface area contributed by atoms with Gasteiger partial charge in [0, 0.05) is 27.3 Å². The highest BCUT2D eigenvalue weighted by molar-refractivity contribution is 6.08. The van der Waals surface area contributed by atoms with E-state index in [1.54, 1.807) is 19.1 Å². The fourth-order valence-electron chi connectivity index (χ4n) is 3.71. The number of imide groups is 1. The quantitative estimate of drug-likeness (QED) is 0.381. The van der Waals surface area contributed by atoms with Gasteiger partial charge in [-0.1, -0.05) is 26.0 Å². The summed E-state index contributed by atoms with van der Waals surface area (Å²) >= 11 is 0. The number of rotatable bonds is 8. The molecule has 0 spiro atoms. The standard InChI is InChI=1S/C19H30N2O4/c1-13(2)12-16(19(24)20(3)10-7-11-25-4)21-17(22)14-8-5-6-9-15(14)18(21)23/h5-6,13-16H,7-12H2,1-4H3. The average molecular weight is 350 g/mol. The fraction of sp³-hybridized carbons (Fsp3) is 0.737. The van der Waals surface area contributed by atoms with Crippen molar-refractivity contribution in [1.82, 2.24) is 9.80 Å². The predicted octanol–water partition coefficient (Wildman–Crippen LogP) is 1.85. The van der Waals surface area contributed by atoms with Crippen molar-refractivity contribution in [2.45, 2.75) is 45.6 Å². The smallest absolute Gasteiger partial charge is 0.245 e. The molecular weight excluding hydrogens is 320 g/mol. The molecule has 2 rings (SSSR count). The van der Waals surface area contributed by atoms with Crippen LogP contribution in [-0.2, 0) is 19.1 Å². The van der Waals surface area contributed by atoms with Crippen molar-refractivity contribution in [2.24, 2.45) is 17.8 Å². The molecule has 0 saturated carbocycles. The maximum Gasteiger partial charge on any atom is 0.245 e. The van der Waals surface area contributed by atoms with Gasteiger partial charge in [-0.25, -0.2) is 0 Å². The van der Waals surface area contributed by atoms with Gasteiger partial charge in [-0.15, -0.1) is 0 Å². The zero-order valence-corrected chi connectivity index (χ0v) is 15.7. The van der Waals surface area contributed by atoms with Crippen LogP contribution in [0.25, 0.3) is 0 Å². The van der Waals surface area contributed by atoms with E-state index in [0.717, 1.165) is 6.42 Å². The van der Waals surface area contributed by atoms with E-state index in [4.69, 9.17) is 4.74 Å². The molecule has 1 aliphatic carbocycles. The van der Waals surface area contributed by atoms with Crippen LogP contribution in [0, 0.1) is 17.8 Å². The SMILES string of the molecule is COCCCN(C)C(=O)C(CC(C)C)N1C(=O)C2CC=CCC2C1=O. The Morgan fingerprint density at radius 3 is 2.28 bits per heavy atom. The van der Waals surface area contributed by atoms with Gasteiger partial charge in [0.15, 0.2) is 0 Å². The summed E-state index contributed by atoms with van der Waals surface area (Å²) < 4.78 is 5.03. The van der Waals surface area contributed by atoms with Crippen LogP contribution in [0.4, 0.5) is 0 Å². The highest BCUT2D eigenvalue weighted by Gasteiger charge is 2.51. The Bertz CT molecular complexity index is 518. The first-order chi connectivity index (χ1) is 11.9. The Labute approximate surface area is 150 Å². The Balaban J connectivity index is 2.17. The van der Waals surface area contributed by atoms with Gasteiger partial charge < -0.3 is 9.64 Å². The van der Waals surface area contributed by atoms with Crippen LogP contribution < -0.4 is 0 Å². The summed E-state index contributed by atoms with van der Waals surface area (Å²) in [6, 6.07) is -0.696. The number of carbonyl (C=O) groups is 3. The summed E-state index contributed by atoms with van der Waals surface area (Å²) in [5, 5.41) is 0. The van der Waals surface area contributed by atoms with Gasteiger partial charge in [-0.3, -0.25) is 19.3 Å². The summed E-state index contributed by atoms with van der Waals surface area (Å²) in [4.78, 5) is 41.6. The first kappa shape index (κ1) is 19.6. The molecule has 3 atom stereocenters. The van der Waals surface area contributed by atoms with Gasteiger partial charge >= 0.3 is 0 Å². The van der Waals surface area contributed by atoms with Crippen molar-refractivity contribution < 1.29 is 19.1 Å². The third kappa shape index (κ3) is 4.29. The van der Waals surface area contributed by atoms with Gasteiger partial charge in [-0.2, -0.15) is 0 Å². The lowest BCUT2D eigenvalue weighted by Gasteiger charge is -2.31. The second kappa shape index (κ2) is 8.61. The fourth-order valence-corrected chi connectivity index (χ4v) is 3.71. The van der Waals surface area contributed by atoms with Gasteiger partial charge in [0.25, 0.3) is 0 Å². The predicted molar refractivity (Wildman–Crippen MR) is 94.6 cm³/mol. The number of ether oxygens (including phenoxy) is 1. The van der Waals surface area contributed by atoms with Crippen LogP contribution in [0.3, 0.4) is 0 Å². The molecule has 2 aliphatic rings. The first-order valence-electron chi connectivity index (χ1n) is 9.14. The molecule has 0 aromatic rings. The molecule has 0 radical (unpaired) electrons. The van der Waals surface area contributed by atoms with Crippen molar-refractivity contribution in [1.29, 1.82) is 0 Å². The molecule has 0 bridgehead atoms. The minimum atomic E-state index is -0.696. The van der Waals surface area contributed by atoms with Crippen LogP contribution in [0.15, 0.2) is 12.2 Å². The van der Waals surface area contributed by atoms with Crippen LogP contribution in [-0.4, -0.2) is 60.9 Å². The van der Waals surface area contributed by atoms with Crippen molar-refractivity contribution in [3.8, 4) is 0 Å². The first-order valence-corrected chi connectivity index (χ1v) is 9.14. The lowest BCUT2D eigenvalue weighted by atomic mass is 9.85. The molecule has 3 amide bonds. The molecule has 6 nitrogen and oxygen atoms in total. The monoisotopic (exact) mass is 350 g/mol. The molecule has 140 valence electrons.